The minimum absolute atomic E-state index is 0.511. The number of aromatic nitrogens is 2. The molecule has 94 valence electrons. The monoisotopic (exact) mass is 249 g/mol. The fourth-order valence-electron chi connectivity index (χ4n) is 2.15. The summed E-state index contributed by atoms with van der Waals surface area (Å²) in [5, 5.41) is 0. The number of hydrogen-bond acceptors (Lipinski definition) is 2. The second kappa shape index (κ2) is 5.08. The van der Waals surface area contributed by atoms with Crippen LogP contribution in [-0.2, 0) is 6.54 Å². The normalized spacial score (nSPS) is 10.6. The third-order valence-corrected chi connectivity index (χ3v) is 3.15. The minimum Gasteiger partial charge on any atom is -0.338 e. The van der Waals surface area contributed by atoms with Gasteiger partial charge in [0, 0.05) is 12.1 Å². The molecule has 0 aliphatic rings. The number of imidazole rings is 1. The molecule has 0 fully saturated rings. The molecule has 2 aromatic carbocycles. The lowest BCUT2D eigenvalue weighted by molar-refractivity contribution is 1.07. The number of nitrogens with zero attached hydrogens (tertiary/aromatic N) is 1. The standard InChI is InChI=1S/C16H15N3/c17-10-13-8-4-5-9-14(13)16-18-11-15(19-16)12-6-2-1-3-7-12/h1-9,11H,10,17H2,(H,18,19). The zero-order valence-corrected chi connectivity index (χ0v) is 10.5. The van der Waals surface area contributed by atoms with Crippen molar-refractivity contribution < 1.29 is 0 Å². The predicted molar refractivity (Wildman–Crippen MR) is 77.4 cm³/mol. The van der Waals surface area contributed by atoms with Crippen LogP contribution in [0, 0.1) is 0 Å². The molecule has 3 heteroatoms. The molecule has 0 saturated carbocycles. The van der Waals surface area contributed by atoms with Gasteiger partial charge in [0.25, 0.3) is 0 Å². The summed E-state index contributed by atoms with van der Waals surface area (Å²) in [5.74, 6) is 0.861. The first-order valence-corrected chi connectivity index (χ1v) is 6.27. The first kappa shape index (κ1) is 11.7. The van der Waals surface area contributed by atoms with Crippen molar-refractivity contribution in [1.82, 2.24) is 9.97 Å². The van der Waals surface area contributed by atoms with E-state index in [9.17, 15) is 0 Å². The summed E-state index contributed by atoms with van der Waals surface area (Å²) in [6.45, 7) is 0.511. The van der Waals surface area contributed by atoms with E-state index >= 15 is 0 Å². The number of H-pyrrole nitrogens is 1. The molecule has 3 N–H and O–H groups in total. The molecule has 1 heterocycles. The van der Waals surface area contributed by atoms with Gasteiger partial charge in [0.15, 0.2) is 0 Å². The summed E-state index contributed by atoms with van der Waals surface area (Å²) in [6, 6.07) is 18.2. The molecule has 0 spiro atoms. The second-order valence-corrected chi connectivity index (χ2v) is 4.37. The van der Waals surface area contributed by atoms with E-state index in [2.05, 4.69) is 22.1 Å². The van der Waals surface area contributed by atoms with Gasteiger partial charge in [-0.05, 0) is 11.1 Å². The van der Waals surface area contributed by atoms with Gasteiger partial charge in [-0.25, -0.2) is 4.98 Å². The van der Waals surface area contributed by atoms with E-state index in [1.54, 1.807) is 0 Å². The maximum atomic E-state index is 5.76. The summed E-state index contributed by atoms with van der Waals surface area (Å²) in [7, 11) is 0. The van der Waals surface area contributed by atoms with Gasteiger partial charge in [0.05, 0.1) is 11.9 Å². The van der Waals surface area contributed by atoms with Crippen molar-refractivity contribution in [2.24, 2.45) is 5.73 Å². The molecule has 0 aliphatic carbocycles. The lowest BCUT2D eigenvalue weighted by Gasteiger charge is -2.04. The van der Waals surface area contributed by atoms with Crippen LogP contribution in [0.5, 0.6) is 0 Å². The molecule has 0 unspecified atom stereocenters. The molecule has 0 aliphatic heterocycles. The van der Waals surface area contributed by atoms with E-state index in [4.69, 9.17) is 5.73 Å². The Morgan fingerprint density at radius 3 is 2.47 bits per heavy atom. The van der Waals surface area contributed by atoms with E-state index in [0.717, 1.165) is 28.2 Å². The third-order valence-electron chi connectivity index (χ3n) is 3.15. The molecule has 0 radical (unpaired) electrons. The molecular weight excluding hydrogens is 234 g/mol. The smallest absolute Gasteiger partial charge is 0.138 e. The summed E-state index contributed by atoms with van der Waals surface area (Å²) in [6.07, 6.45) is 1.86. The van der Waals surface area contributed by atoms with Crippen LogP contribution < -0.4 is 5.73 Å². The van der Waals surface area contributed by atoms with Crippen molar-refractivity contribution >= 4 is 0 Å². The maximum Gasteiger partial charge on any atom is 0.138 e. The number of nitrogens with two attached hydrogens (primary N) is 1. The Kier molecular flexibility index (Phi) is 3.12. The summed E-state index contributed by atoms with van der Waals surface area (Å²) >= 11 is 0. The average molecular weight is 249 g/mol. The Morgan fingerprint density at radius 1 is 0.947 bits per heavy atom. The molecule has 0 bridgehead atoms. The van der Waals surface area contributed by atoms with Crippen molar-refractivity contribution in [1.29, 1.82) is 0 Å². The quantitative estimate of drug-likeness (QED) is 0.749. The molecule has 19 heavy (non-hydrogen) atoms. The first-order valence-electron chi connectivity index (χ1n) is 6.27. The van der Waals surface area contributed by atoms with Gasteiger partial charge >= 0.3 is 0 Å². The number of aromatic amines is 1. The van der Waals surface area contributed by atoms with Crippen LogP contribution in [0.2, 0.25) is 0 Å². The van der Waals surface area contributed by atoms with E-state index in [-0.39, 0.29) is 0 Å². The zero-order chi connectivity index (χ0) is 13.1. The van der Waals surface area contributed by atoms with E-state index < -0.39 is 0 Å². The van der Waals surface area contributed by atoms with Crippen molar-refractivity contribution in [3.8, 4) is 22.6 Å². The van der Waals surface area contributed by atoms with Gasteiger partial charge in [0.1, 0.15) is 5.82 Å². The number of rotatable bonds is 3. The van der Waals surface area contributed by atoms with Crippen LogP contribution in [0.15, 0.2) is 60.8 Å². The molecule has 0 atom stereocenters. The molecule has 3 aromatic rings. The Balaban J connectivity index is 2.02. The van der Waals surface area contributed by atoms with Crippen molar-refractivity contribution in [2.75, 3.05) is 0 Å². The molecule has 1 aromatic heterocycles. The van der Waals surface area contributed by atoms with E-state index in [1.165, 1.54) is 0 Å². The lowest BCUT2D eigenvalue weighted by Crippen LogP contribution is -1.99. The highest BCUT2D eigenvalue weighted by Crippen LogP contribution is 2.24. The molecule has 0 saturated heterocycles. The number of hydrogen-bond donors (Lipinski definition) is 2. The Hall–Kier alpha value is -2.39. The Bertz CT molecular complexity index is 671. The van der Waals surface area contributed by atoms with Gasteiger partial charge in [-0.2, -0.15) is 0 Å². The lowest BCUT2D eigenvalue weighted by atomic mass is 10.1. The van der Waals surface area contributed by atoms with Gasteiger partial charge in [-0.1, -0.05) is 54.6 Å². The van der Waals surface area contributed by atoms with E-state index in [1.807, 2.05) is 48.7 Å². The van der Waals surface area contributed by atoms with Gasteiger partial charge in [-0.15, -0.1) is 0 Å². The summed E-state index contributed by atoms with van der Waals surface area (Å²) < 4.78 is 0. The first-order chi connectivity index (χ1) is 9.38. The highest BCUT2D eigenvalue weighted by atomic mass is 14.9. The fraction of sp³-hybridized carbons (Fsp3) is 0.0625. The predicted octanol–water partition coefficient (Wildman–Crippen LogP) is 3.20. The maximum absolute atomic E-state index is 5.76. The largest absolute Gasteiger partial charge is 0.338 e. The highest BCUT2D eigenvalue weighted by Gasteiger charge is 2.08. The summed E-state index contributed by atoms with van der Waals surface area (Å²) in [4.78, 5) is 7.81. The van der Waals surface area contributed by atoms with Crippen LogP contribution in [0.25, 0.3) is 22.6 Å². The second-order valence-electron chi connectivity index (χ2n) is 4.37. The van der Waals surface area contributed by atoms with Crippen LogP contribution in [-0.4, -0.2) is 9.97 Å². The molecule has 3 nitrogen and oxygen atoms in total. The van der Waals surface area contributed by atoms with Crippen molar-refractivity contribution in [2.45, 2.75) is 6.54 Å². The highest BCUT2D eigenvalue weighted by molar-refractivity contribution is 5.66. The summed E-state index contributed by atoms with van der Waals surface area (Å²) in [5.41, 5.74) is 10.1. The van der Waals surface area contributed by atoms with Gasteiger partial charge < -0.3 is 10.7 Å². The number of benzene rings is 2. The Morgan fingerprint density at radius 2 is 1.68 bits per heavy atom. The minimum atomic E-state index is 0.511. The fourth-order valence-corrected chi connectivity index (χ4v) is 2.15. The van der Waals surface area contributed by atoms with Gasteiger partial charge in [0.2, 0.25) is 0 Å². The van der Waals surface area contributed by atoms with Crippen LogP contribution in [0.4, 0.5) is 0 Å². The van der Waals surface area contributed by atoms with Crippen LogP contribution in [0.3, 0.4) is 0 Å². The molecule has 0 amide bonds. The van der Waals surface area contributed by atoms with Gasteiger partial charge in [-0.3, -0.25) is 0 Å². The SMILES string of the molecule is NCc1ccccc1-c1ncc(-c2ccccc2)[nH]1. The third kappa shape index (κ3) is 2.28. The average Bonchev–Trinajstić information content (AvgIpc) is 2.98. The topological polar surface area (TPSA) is 54.7 Å². The molecular formula is C16H15N3. The number of nitrogens with one attached hydrogen (secondary N) is 1. The van der Waals surface area contributed by atoms with E-state index in [0.29, 0.717) is 6.54 Å². The van der Waals surface area contributed by atoms with Crippen LogP contribution in [0.1, 0.15) is 5.56 Å². The zero-order valence-electron chi connectivity index (χ0n) is 10.5. The Labute approximate surface area is 112 Å². The van der Waals surface area contributed by atoms with Crippen molar-refractivity contribution in [3.05, 3.63) is 66.4 Å². The van der Waals surface area contributed by atoms with Crippen molar-refractivity contribution in [3.63, 3.8) is 0 Å². The van der Waals surface area contributed by atoms with Crippen LogP contribution >= 0.6 is 0 Å². The molecule has 3 rings (SSSR count).